The molecule has 0 bridgehead atoms. The first-order valence-electron chi connectivity index (χ1n) is 5.75. The van der Waals surface area contributed by atoms with E-state index in [0.717, 1.165) is 4.90 Å². The van der Waals surface area contributed by atoms with Gasteiger partial charge in [-0.2, -0.15) is 0 Å². The Bertz CT molecular complexity index is 376. The first kappa shape index (κ1) is 15.2. The van der Waals surface area contributed by atoms with Crippen molar-refractivity contribution in [2.24, 2.45) is 0 Å². The van der Waals surface area contributed by atoms with Crippen LogP contribution in [-0.4, -0.2) is 59.5 Å². The van der Waals surface area contributed by atoms with Crippen LogP contribution >= 0.6 is 0 Å². The van der Waals surface area contributed by atoms with Crippen LogP contribution in [0.5, 0.6) is 0 Å². The van der Waals surface area contributed by atoms with Gasteiger partial charge in [0.15, 0.2) is 12.8 Å². The zero-order chi connectivity index (χ0) is 14.6. The van der Waals surface area contributed by atoms with Crippen molar-refractivity contribution >= 4 is 18.0 Å². The van der Waals surface area contributed by atoms with Crippen molar-refractivity contribution in [3.8, 4) is 0 Å². The summed E-state index contributed by atoms with van der Waals surface area (Å²) in [6, 6.07) is -1.01. The lowest BCUT2D eigenvalue weighted by atomic mass is 10.1. The van der Waals surface area contributed by atoms with E-state index in [1.807, 2.05) is 20.8 Å². The summed E-state index contributed by atoms with van der Waals surface area (Å²) in [6.07, 6.45) is -1.27. The number of cyclic esters (lactones) is 1. The maximum Gasteiger partial charge on any atom is 0.410 e. The molecule has 0 spiro atoms. The molecule has 108 valence electrons. The predicted octanol–water partition coefficient (Wildman–Crippen LogP) is -0.219. The highest BCUT2D eigenvalue weighted by Gasteiger charge is 2.38. The van der Waals surface area contributed by atoms with Gasteiger partial charge >= 0.3 is 12.1 Å². The Kier molecular flexibility index (Phi) is 4.71. The van der Waals surface area contributed by atoms with E-state index in [1.54, 1.807) is 0 Å². The molecule has 8 nitrogen and oxygen atoms in total. The Hall–Kier alpha value is -1.83. The van der Waals surface area contributed by atoms with Crippen molar-refractivity contribution in [1.29, 1.82) is 0 Å². The van der Waals surface area contributed by atoms with E-state index in [1.165, 1.54) is 0 Å². The zero-order valence-corrected chi connectivity index (χ0v) is 11.1. The minimum absolute atomic E-state index is 0.206. The molecule has 1 aliphatic heterocycles. The number of esters is 1. The first-order chi connectivity index (χ1) is 8.70. The molecule has 0 saturated carbocycles. The summed E-state index contributed by atoms with van der Waals surface area (Å²) < 4.78 is 9.66. The van der Waals surface area contributed by atoms with Crippen LogP contribution in [0, 0.1) is 0 Å². The fourth-order valence-corrected chi connectivity index (χ4v) is 1.51. The number of nitrogens with zero attached hydrogens (tertiary/aromatic N) is 1. The smallest absolute Gasteiger partial charge is 0.410 e. The molecule has 0 aromatic rings. The molecule has 19 heavy (non-hydrogen) atoms. The summed E-state index contributed by atoms with van der Waals surface area (Å²) in [5.74, 6) is -1.00. The molecule has 0 radical (unpaired) electrons. The standard InChI is InChI=1S/C11H18N2O6/c1-11(2,3)12-8(14)5-18-4-7-9(15)19-6-13(7)10(16)17/h7H,4-6H2,1-3H3,(H,12,14)(H,16,17). The number of rotatable bonds is 4. The SMILES string of the molecule is CC(C)(C)NC(=O)COCC1C(=O)OCN1C(=O)O. The third-order valence-electron chi connectivity index (χ3n) is 2.26. The molecule has 0 aromatic carbocycles. The van der Waals surface area contributed by atoms with Crippen molar-refractivity contribution in [1.82, 2.24) is 10.2 Å². The Morgan fingerprint density at radius 1 is 1.53 bits per heavy atom. The lowest BCUT2D eigenvalue weighted by Crippen LogP contribution is -2.44. The van der Waals surface area contributed by atoms with Gasteiger partial charge in [-0.1, -0.05) is 0 Å². The minimum atomic E-state index is -1.27. The number of carboxylic acid groups (broad SMARTS) is 1. The summed E-state index contributed by atoms with van der Waals surface area (Å²) in [7, 11) is 0. The Morgan fingerprint density at radius 3 is 2.68 bits per heavy atom. The van der Waals surface area contributed by atoms with Crippen LogP contribution in [0.2, 0.25) is 0 Å². The third-order valence-corrected chi connectivity index (χ3v) is 2.26. The Morgan fingerprint density at radius 2 is 2.16 bits per heavy atom. The van der Waals surface area contributed by atoms with E-state index in [0.29, 0.717) is 0 Å². The summed E-state index contributed by atoms with van der Waals surface area (Å²) in [5.41, 5.74) is -0.375. The molecule has 0 aliphatic carbocycles. The maximum absolute atomic E-state index is 11.4. The molecule has 0 aromatic heterocycles. The summed E-state index contributed by atoms with van der Waals surface area (Å²) >= 11 is 0. The fourth-order valence-electron chi connectivity index (χ4n) is 1.51. The molecule has 2 N–H and O–H groups in total. The number of carbonyl (C=O) groups excluding carboxylic acids is 2. The topological polar surface area (TPSA) is 105 Å². The Labute approximate surface area is 110 Å². The number of ether oxygens (including phenoxy) is 2. The van der Waals surface area contributed by atoms with Crippen LogP contribution in [0.15, 0.2) is 0 Å². The number of carbonyl (C=O) groups is 3. The third kappa shape index (κ3) is 4.74. The monoisotopic (exact) mass is 274 g/mol. The fraction of sp³-hybridized carbons (Fsp3) is 0.727. The molecule has 1 atom stereocenters. The van der Waals surface area contributed by atoms with E-state index in [2.05, 4.69) is 10.1 Å². The normalized spacial score (nSPS) is 19.2. The van der Waals surface area contributed by atoms with Gasteiger partial charge in [-0.25, -0.2) is 9.59 Å². The van der Waals surface area contributed by atoms with Crippen molar-refractivity contribution < 1.29 is 29.0 Å². The van der Waals surface area contributed by atoms with Gasteiger partial charge in [-0.05, 0) is 20.8 Å². The highest BCUT2D eigenvalue weighted by Crippen LogP contribution is 2.11. The Balaban J connectivity index is 2.38. The molecule has 1 aliphatic rings. The predicted molar refractivity (Wildman–Crippen MR) is 63.3 cm³/mol. The highest BCUT2D eigenvalue weighted by molar-refractivity contribution is 5.83. The lowest BCUT2D eigenvalue weighted by molar-refractivity contribution is -0.141. The van der Waals surface area contributed by atoms with Gasteiger partial charge < -0.3 is 19.9 Å². The number of hydrogen-bond acceptors (Lipinski definition) is 5. The van der Waals surface area contributed by atoms with Crippen molar-refractivity contribution in [3.63, 3.8) is 0 Å². The molecule has 1 rings (SSSR count). The van der Waals surface area contributed by atoms with Crippen molar-refractivity contribution in [2.45, 2.75) is 32.4 Å². The second-order valence-electron chi connectivity index (χ2n) is 5.17. The molecule has 1 fully saturated rings. The summed E-state index contributed by atoms with van der Waals surface area (Å²) in [6.45, 7) is 4.72. The van der Waals surface area contributed by atoms with E-state index < -0.39 is 18.1 Å². The number of hydrogen-bond donors (Lipinski definition) is 2. The van der Waals surface area contributed by atoms with Gasteiger partial charge in [0.1, 0.15) is 6.61 Å². The van der Waals surface area contributed by atoms with Crippen LogP contribution in [-0.2, 0) is 19.1 Å². The zero-order valence-electron chi connectivity index (χ0n) is 11.1. The van der Waals surface area contributed by atoms with Crippen LogP contribution < -0.4 is 5.32 Å². The summed E-state index contributed by atoms with van der Waals surface area (Å²) in [4.78, 5) is 34.4. The van der Waals surface area contributed by atoms with Gasteiger partial charge in [0.25, 0.3) is 0 Å². The van der Waals surface area contributed by atoms with Gasteiger partial charge in [-0.3, -0.25) is 9.69 Å². The van der Waals surface area contributed by atoms with Gasteiger partial charge in [-0.15, -0.1) is 0 Å². The molecule has 8 heteroatoms. The second-order valence-corrected chi connectivity index (χ2v) is 5.17. The van der Waals surface area contributed by atoms with Crippen LogP contribution in [0.3, 0.4) is 0 Å². The molecular formula is C11H18N2O6. The molecular weight excluding hydrogens is 256 g/mol. The van der Waals surface area contributed by atoms with Gasteiger partial charge in [0, 0.05) is 5.54 Å². The largest absolute Gasteiger partial charge is 0.465 e. The van der Waals surface area contributed by atoms with Gasteiger partial charge in [0.2, 0.25) is 5.91 Å². The van der Waals surface area contributed by atoms with Crippen LogP contribution in [0.4, 0.5) is 4.79 Å². The van der Waals surface area contributed by atoms with Gasteiger partial charge in [0.05, 0.1) is 6.61 Å². The first-order valence-corrected chi connectivity index (χ1v) is 5.75. The summed E-state index contributed by atoms with van der Waals surface area (Å²) in [5, 5.41) is 11.5. The molecule has 1 saturated heterocycles. The minimum Gasteiger partial charge on any atom is -0.465 e. The molecule has 2 amide bonds. The number of amides is 2. The average Bonchev–Trinajstić information content (AvgIpc) is 2.58. The van der Waals surface area contributed by atoms with Crippen LogP contribution in [0.1, 0.15) is 20.8 Å². The van der Waals surface area contributed by atoms with Crippen molar-refractivity contribution in [3.05, 3.63) is 0 Å². The molecule has 1 heterocycles. The second kappa shape index (κ2) is 5.87. The van der Waals surface area contributed by atoms with E-state index in [-0.39, 0.29) is 31.4 Å². The van der Waals surface area contributed by atoms with E-state index in [4.69, 9.17) is 9.84 Å². The van der Waals surface area contributed by atoms with Crippen molar-refractivity contribution in [2.75, 3.05) is 19.9 Å². The lowest BCUT2D eigenvalue weighted by Gasteiger charge is -2.21. The average molecular weight is 274 g/mol. The quantitative estimate of drug-likeness (QED) is 0.687. The van der Waals surface area contributed by atoms with E-state index in [9.17, 15) is 14.4 Å². The maximum atomic E-state index is 11.4. The van der Waals surface area contributed by atoms with E-state index >= 15 is 0 Å². The number of nitrogens with one attached hydrogen (secondary N) is 1. The highest BCUT2D eigenvalue weighted by atomic mass is 16.6. The van der Waals surface area contributed by atoms with Crippen LogP contribution in [0.25, 0.3) is 0 Å². The molecule has 1 unspecified atom stereocenters.